The smallest absolute Gasteiger partial charge is 0.371 e. The van der Waals surface area contributed by atoms with Crippen molar-refractivity contribution in [2.75, 3.05) is 6.61 Å². The second-order valence-electron chi connectivity index (χ2n) is 10.1. The van der Waals surface area contributed by atoms with Gasteiger partial charge in [-0.25, -0.2) is 4.79 Å². The summed E-state index contributed by atoms with van der Waals surface area (Å²) in [5.74, 6) is -0.326. The van der Waals surface area contributed by atoms with Crippen molar-refractivity contribution in [2.24, 2.45) is 0 Å². The Bertz CT molecular complexity index is 561. The maximum atomic E-state index is 11.8. The van der Waals surface area contributed by atoms with Crippen LogP contribution in [-0.4, -0.2) is 54.2 Å². The lowest BCUT2D eigenvalue weighted by molar-refractivity contribution is -0.138. The lowest BCUT2D eigenvalue weighted by Gasteiger charge is -2.46. The van der Waals surface area contributed by atoms with Gasteiger partial charge in [0.1, 0.15) is 0 Å². The molecule has 0 spiro atoms. The predicted molar refractivity (Wildman–Crippen MR) is 144 cm³/mol. The molecule has 0 unspecified atom stereocenters. The van der Waals surface area contributed by atoms with Crippen molar-refractivity contribution in [2.45, 2.75) is 111 Å². The molecule has 0 aromatic carbocycles. The highest BCUT2D eigenvalue weighted by atomic mass is 29.3. The van der Waals surface area contributed by atoms with Crippen LogP contribution in [0, 0.1) is 0 Å². The first-order chi connectivity index (χ1) is 14.1. The van der Waals surface area contributed by atoms with E-state index in [1.807, 2.05) is 0 Å². The Balaban J connectivity index is 5.84. The SMILES string of the molecule is C=C(C)C(=O)OCC[Si](C)(C)O[Si](O[Si](C)(C)C)[Si](CC)(CC)O[Si](CC)(CC)CC. The van der Waals surface area contributed by atoms with Crippen LogP contribution in [0.2, 0.25) is 69.0 Å². The first-order valence-electron chi connectivity index (χ1n) is 11.9. The van der Waals surface area contributed by atoms with Gasteiger partial charge in [-0.05, 0) is 75.9 Å². The molecule has 10 heteroatoms. The lowest BCUT2D eigenvalue weighted by atomic mass is 10.4. The summed E-state index contributed by atoms with van der Waals surface area (Å²) in [6.45, 7) is 28.3. The maximum absolute atomic E-state index is 11.8. The van der Waals surface area contributed by atoms with Crippen molar-refractivity contribution in [3.63, 3.8) is 0 Å². The van der Waals surface area contributed by atoms with Crippen LogP contribution in [0.5, 0.6) is 0 Å². The fraction of sp³-hybridized carbons (Fsp3) is 0.857. The average molecular weight is 522 g/mol. The minimum Gasteiger partial charge on any atom is -0.463 e. The van der Waals surface area contributed by atoms with E-state index < -0.39 is 41.6 Å². The molecule has 0 aliphatic carbocycles. The largest absolute Gasteiger partial charge is 0.463 e. The molecule has 5 nitrogen and oxygen atoms in total. The normalized spacial score (nSPS) is 13.5. The van der Waals surface area contributed by atoms with Gasteiger partial charge in [-0.1, -0.05) is 41.2 Å². The first-order valence-corrected chi connectivity index (χ1v) is 25.6. The van der Waals surface area contributed by atoms with E-state index in [1.54, 1.807) is 6.92 Å². The molecule has 0 heterocycles. The van der Waals surface area contributed by atoms with E-state index in [4.69, 9.17) is 17.1 Å². The molecule has 0 aromatic heterocycles. The summed E-state index contributed by atoms with van der Waals surface area (Å²) >= 11 is 0. The van der Waals surface area contributed by atoms with Gasteiger partial charge in [-0.3, -0.25) is 0 Å². The molecule has 0 fully saturated rings. The van der Waals surface area contributed by atoms with E-state index in [-0.39, 0.29) is 5.97 Å². The molecule has 1 radical (unpaired) electrons. The van der Waals surface area contributed by atoms with Gasteiger partial charge in [0.05, 0.1) is 6.61 Å². The molecular formula is C21H49O5Si5. The van der Waals surface area contributed by atoms with Crippen LogP contribution in [0.4, 0.5) is 0 Å². The van der Waals surface area contributed by atoms with E-state index in [9.17, 15) is 4.79 Å². The number of hydrogen-bond acceptors (Lipinski definition) is 5. The summed E-state index contributed by atoms with van der Waals surface area (Å²) in [5, 5.41) is 0. The summed E-state index contributed by atoms with van der Waals surface area (Å²) in [6.07, 6.45) is 0. The summed E-state index contributed by atoms with van der Waals surface area (Å²) in [6, 6.07) is 6.26. The van der Waals surface area contributed by atoms with Crippen molar-refractivity contribution >= 4 is 47.6 Å². The Labute approximate surface area is 198 Å². The Hall–Kier alpha value is 0.174. The molecule has 183 valence electrons. The Morgan fingerprint density at radius 1 is 0.839 bits per heavy atom. The van der Waals surface area contributed by atoms with E-state index in [0.717, 1.165) is 36.3 Å². The minimum atomic E-state index is -2.20. The molecule has 0 N–H and O–H groups in total. The third-order valence-corrected chi connectivity index (χ3v) is 30.8. The average Bonchev–Trinajstić information content (AvgIpc) is 2.68. The highest BCUT2D eigenvalue weighted by molar-refractivity contribution is 7.29. The van der Waals surface area contributed by atoms with Gasteiger partial charge >= 0.3 is 14.8 Å². The van der Waals surface area contributed by atoms with Crippen molar-refractivity contribution in [1.82, 2.24) is 0 Å². The van der Waals surface area contributed by atoms with Gasteiger partial charge in [0.25, 0.3) is 0 Å². The highest BCUT2D eigenvalue weighted by Gasteiger charge is 2.53. The van der Waals surface area contributed by atoms with Gasteiger partial charge in [0, 0.05) is 5.57 Å². The molecule has 0 saturated heterocycles. The van der Waals surface area contributed by atoms with Crippen molar-refractivity contribution in [1.29, 1.82) is 0 Å². The number of ether oxygens (including phenoxy) is 1. The molecule has 0 aliphatic rings. The molecule has 31 heavy (non-hydrogen) atoms. The second kappa shape index (κ2) is 13.2. The molecule has 0 amide bonds. The van der Waals surface area contributed by atoms with Gasteiger partial charge in [0.2, 0.25) is 7.83 Å². The minimum absolute atomic E-state index is 0.326. The summed E-state index contributed by atoms with van der Waals surface area (Å²) in [4.78, 5) is 11.8. The van der Waals surface area contributed by atoms with Crippen LogP contribution in [0.1, 0.15) is 41.5 Å². The van der Waals surface area contributed by atoms with Crippen LogP contribution in [0.25, 0.3) is 0 Å². The molecule has 0 rings (SSSR count). The molecule has 0 aromatic rings. The third kappa shape index (κ3) is 10.3. The zero-order valence-electron chi connectivity index (χ0n) is 22.2. The van der Waals surface area contributed by atoms with E-state index >= 15 is 0 Å². The second-order valence-corrected chi connectivity index (χ2v) is 33.2. The highest BCUT2D eigenvalue weighted by Crippen LogP contribution is 2.34. The molecular weight excluding hydrogens is 473 g/mol. The lowest BCUT2D eigenvalue weighted by Crippen LogP contribution is -2.66. The Kier molecular flexibility index (Phi) is 13.2. The monoisotopic (exact) mass is 521 g/mol. The quantitative estimate of drug-likeness (QED) is 0.128. The van der Waals surface area contributed by atoms with Gasteiger partial charge in [-0.15, -0.1) is 0 Å². The van der Waals surface area contributed by atoms with Crippen LogP contribution in [0.15, 0.2) is 12.2 Å². The molecule has 0 atom stereocenters. The first kappa shape index (κ1) is 31.2. The number of esters is 1. The van der Waals surface area contributed by atoms with Crippen molar-refractivity contribution < 1.29 is 21.9 Å². The fourth-order valence-electron chi connectivity index (χ4n) is 3.41. The molecule has 0 bridgehead atoms. The van der Waals surface area contributed by atoms with Crippen LogP contribution in [-0.2, 0) is 21.9 Å². The van der Waals surface area contributed by atoms with E-state index in [0.29, 0.717) is 12.2 Å². The fourth-order valence-corrected chi connectivity index (χ4v) is 32.8. The summed E-state index contributed by atoms with van der Waals surface area (Å²) in [5.41, 5.74) is 0.434. The van der Waals surface area contributed by atoms with Crippen molar-refractivity contribution in [3.8, 4) is 0 Å². The van der Waals surface area contributed by atoms with E-state index in [2.05, 4.69) is 73.9 Å². The standard InChI is InChI=1S/C21H49O5Si5/c1-13-30(14-2,15-3)26-31(16-4,17-5)27(24-28(8,9)10)25-29(11,12)19-18-23-21(22)20(6)7/h6,13-19H2,1-5,7-12H3. The Morgan fingerprint density at radius 2 is 1.32 bits per heavy atom. The molecule has 0 saturated carbocycles. The summed E-state index contributed by atoms with van der Waals surface area (Å²) in [7, 11) is -9.48. The Morgan fingerprint density at radius 3 is 1.68 bits per heavy atom. The van der Waals surface area contributed by atoms with Gasteiger partial charge < -0.3 is 17.1 Å². The number of carbonyl (C=O) groups excluding carboxylic acids is 1. The maximum Gasteiger partial charge on any atom is 0.371 e. The zero-order valence-corrected chi connectivity index (χ0v) is 27.2. The third-order valence-electron chi connectivity index (χ3n) is 5.91. The molecule has 0 aliphatic heterocycles. The van der Waals surface area contributed by atoms with Crippen molar-refractivity contribution in [3.05, 3.63) is 12.2 Å². The summed E-state index contributed by atoms with van der Waals surface area (Å²) < 4.78 is 26.5. The van der Waals surface area contributed by atoms with E-state index in [1.165, 1.54) is 0 Å². The number of hydrogen-bond donors (Lipinski definition) is 0. The predicted octanol–water partition coefficient (Wildman–Crippen LogP) is 6.75. The topological polar surface area (TPSA) is 54.0 Å². The number of carbonyl (C=O) groups is 1. The zero-order chi connectivity index (χ0) is 24.5. The van der Waals surface area contributed by atoms with Crippen LogP contribution in [0.3, 0.4) is 0 Å². The number of rotatable bonds is 16. The van der Waals surface area contributed by atoms with Gasteiger partial charge in [-0.2, -0.15) is 0 Å². The van der Waals surface area contributed by atoms with Gasteiger partial charge in [0.15, 0.2) is 25.0 Å². The van der Waals surface area contributed by atoms with Crippen LogP contribution >= 0.6 is 0 Å². The van der Waals surface area contributed by atoms with Crippen LogP contribution < -0.4 is 0 Å².